The van der Waals surface area contributed by atoms with Gasteiger partial charge >= 0.3 is 0 Å². The van der Waals surface area contributed by atoms with Crippen LogP contribution in [0.3, 0.4) is 0 Å². The summed E-state index contributed by atoms with van der Waals surface area (Å²) in [5, 5.41) is 0. The zero-order valence-corrected chi connectivity index (χ0v) is 10.7. The Morgan fingerprint density at radius 3 is 2.32 bits per heavy atom. The van der Waals surface area contributed by atoms with Crippen LogP contribution in [0.4, 0.5) is 13.2 Å². The molecule has 0 saturated heterocycles. The monoisotopic (exact) mass is 265 g/mol. The highest BCUT2D eigenvalue weighted by Crippen LogP contribution is 2.28. The molecule has 2 N–H and O–H groups in total. The van der Waals surface area contributed by atoms with Gasteiger partial charge < -0.3 is 5.73 Å². The van der Waals surface area contributed by atoms with Crippen molar-refractivity contribution in [2.75, 3.05) is 0 Å². The number of rotatable bonds is 2. The summed E-state index contributed by atoms with van der Waals surface area (Å²) >= 11 is 0. The summed E-state index contributed by atoms with van der Waals surface area (Å²) in [5.74, 6) is -2.53. The van der Waals surface area contributed by atoms with Gasteiger partial charge in [-0.3, -0.25) is 0 Å². The van der Waals surface area contributed by atoms with Crippen LogP contribution in [-0.2, 0) is 0 Å². The van der Waals surface area contributed by atoms with Crippen LogP contribution in [0, 0.1) is 31.3 Å². The van der Waals surface area contributed by atoms with E-state index in [9.17, 15) is 13.2 Å². The Labute approximate surface area is 109 Å². The molecule has 1 unspecified atom stereocenters. The van der Waals surface area contributed by atoms with Crippen LogP contribution < -0.4 is 5.73 Å². The summed E-state index contributed by atoms with van der Waals surface area (Å²) in [7, 11) is 0. The molecule has 0 saturated carbocycles. The van der Waals surface area contributed by atoms with Crippen LogP contribution in [0.1, 0.15) is 28.3 Å². The van der Waals surface area contributed by atoms with Crippen LogP contribution in [0.2, 0.25) is 0 Å². The average Bonchev–Trinajstić information content (AvgIpc) is 2.31. The Morgan fingerprint density at radius 2 is 1.68 bits per heavy atom. The van der Waals surface area contributed by atoms with Crippen molar-refractivity contribution in [2.24, 2.45) is 5.73 Å². The van der Waals surface area contributed by atoms with Gasteiger partial charge in [0.05, 0.1) is 6.04 Å². The summed E-state index contributed by atoms with van der Waals surface area (Å²) < 4.78 is 40.9. The van der Waals surface area contributed by atoms with E-state index in [1.54, 1.807) is 19.9 Å². The van der Waals surface area contributed by atoms with E-state index in [0.29, 0.717) is 5.56 Å². The molecule has 100 valence electrons. The van der Waals surface area contributed by atoms with E-state index in [1.807, 2.05) is 0 Å². The molecule has 0 radical (unpaired) electrons. The number of nitrogens with two attached hydrogens (primary N) is 1. The maximum Gasteiger partial charge on any atom is 0.163 e. The third-order valence-electron chi connectivity index (χ3n) is 3.11. The summed E-state index contributed by atoms with van der Waals surface area (Å²) in [6.45, 7) is 3.45. The minimum atomic E-state index is -1.03. The molecule has 1 nitrogen and oxygen atoms in total. The highest BCUT2D eigenvalue weighted by Gasteiger charge is 2.21. The molecule has 19 heavy (non-hydrogen) atoms. The Bertz CT molecular complexity index is 600. The lowest BCUT2D eigenvalue weighted by Crippen LogP contribution is -2.17. The van der Waals surface area contributed by atoms with Crippen LogP contribution in [0.25, 0.3) is 0 Å². The van der Waals surface area contributed by atoms with Gasteiger partial charge in [0.2, 0.25) is 0 Å². The average molecular weight is 265 g/mol. The fraction of sp³-hybridized carbons (Fsp3) is 0.200. The molecule has 2 aromatic rings. The van der Waals surface area contributed by atoms with Crippen LogP contribution in [0.15, 0.2) is 30.3 Å². The number of halogens is 3. The summed E-state index contributed by atoms with van der Waals surface area (Å²) in [6.07, 6.45) is 0. The molecule has 1 atom stereocenters. The summed E-state index contributed by atoms with van der Waals surface area (Å²) in [6, 6.07) is 5.78. The van der Waals surface area contributed by atoms with Crippen molar-refractivity contribution in [3.05, 3.63) is 70.0 Å². The predicted molar refractivity (Wildman–Crippen MR) is 68.3 cm³/mol. The Hall–Kier alpha value is -1.81. The zero-order valence-electron chi connectivity index (χ0n) is 10.7. The van der Waals surface area contributed by atoms with E-state index in [0.717, 1.165) is 11.6 Å². The molecule has 0 aliphatic heterocycles. The highest BCUT2D eigenvalue weighted by molar-refractivity contribution is 5.40. The van der Waals surface area contributed by atoms with Gasteiger partial charge in [-0.2, -0.15) is 0 Å². The Morgan fingerprint density at radius 1 is 1.00 bits per heavy atom. The van der Waals surface area contributed by atoms with Crippen molar-refractivity contribution in [1.29, 1.82) is 0 Å². The van der Waals surface area contributed by atoms with Crippen LogP contribution in [0.5, 0.6) is 0 Å². The molecule has 2 aromatic carbocycles. The Kier molecular flexibility index (Phi) is 3.62. The van der Waals surface area contributed by atoms with Crippen LogP contribution in [-0.4, -0.2) is 0 Å². The van der Waals surface area contributed by atoms with Gasteiger partial charge in [-0.05, 0) is 37.1 Å². The Balaban J connectivity index is 2.56. The van der Waals surface area contributed by atoms with Gasteiger partial charge in [0.1, 0.15) is 5.82 Å². The number of aryl methyl sites for hydroxylation is 2. The standard InChI is InChI=1S/C15H14F3N/c1-8-6-9(2)13(12(17)7-8)15(19)10-4-3-5-11(16)14(10)18/h3-7,15H,19H2,1-2H3. The minimum absolute atomic E-state index is 0.0501. The van der Waals surface area contributed by atoms with E-state index < -0.39 is 23.5 Å². The topological polar surface area (TPSA) is 26.0 Å². The molecule has 0 spiro atoms. The highest BCUT2D eigenvalue weighted by atomic mass is 19.2. The van der Waals surface area contributed by atoms with E-state index in [-0.39, 0.29) is 11.1 Å². The first-order valence-electron chi connectivity index (χ1n) is 5.88. The first-order chi connectivity index (χ1) is 8.91. The molecule has 0 heterocycles. The second-order valence-corrected chi connectivity index (χ2v) is 4.60. The number of hydrogen-bond acceptors (Lipinski definition) is 1. The van der Waals surface area contributed by atoms with Crippen molar-refractivity contribution in [3.63, 3.8) is 0 Å². The van der Waals surface area contributed by atoms with Crippen molar-refractivity contribution in [1.82, 2.24) is 0 Å². The lowest BCUT2D eigenvalue weighted by Gasteiger charge is -2.17. The predicted octanol–water partition coefficient (Wildman–Crippen LogP) is 3.77. The van der Waals surface area contributed by atoms with Crippen molar-refractivity contribution < 1.29 is 13.2 Å². The third kappa shape index (κ3) is 2.49. The molecule has 0 amide bonds. The van der Waals surface area contributed by atoms with E-state index in [4.69, 9.17) is 5.73 Å². The molecule has 0 fully saturated rings. The first kappa shape index (κ1) is 13.6. The lowest BCUT2D eigenvalue weighted by molar-refractivity contribution is 0.492. The van der Waals surface area contributed by atoms with Crippen molar-refractivity contribution in [3.8, 4) is 0 Å². The third-order valence-corrected chi connectivity index (χ3v) is 3.11. The smallest absolute Gasteiger partial charge is 0.163 e. The molecule has 0 aromatic heterocycles. The summed E-state index contributed by atoms with van der Waals surface area (Å²) in [5.41, 5.74) is 7.41. The fourth-order valence-corrected chi connectivity index (χ4v) is 2.24. The van der Waals surface area contributed by atoms with E-state index in [2.05, 4.69) is 0 Å². The van der Waals surface area contributed by atoms with Gasteiger partial charge in [0.15, 0.2) is 11.6 Å². The van der Waals surface area contributed by atoms with Crippen LogP contribution >= 0.6 is 0 Å². The van der Waals surface area contributed by atoms with E-state index in [1.165, 1.54) is 18.2 Å². The van der Waals surface area contributed by atoms with Crippen molar-refractivity contribution >= 4 is 0 Å². The molecule has 0 aliphatic rings. The number of hydrogen-bond donors (Lipinski definition) is 1. The van der Waals surface area contributed by atoms with E-state index >= 15 is 0 Å². The fourth-order valence-electron chi connectivity index (χ4n) is 2.24. The van der Waals surface area contributed by atoms with Gasteiger partial charge in [-0.1, -0.05) is 18.2 Å². The first-order valence-corrected chi connectivity index (χ1v) is 5.88. The van der Waals surface area contributed by atoms with Gasteiger partial charge in [-0.25, -0.2) is 13.2 Å². The molecule has 4 heteroatoms. The lowest BCUT2D eigenvalue weighted by atomic mass is 9.93. The SMILES string of the molecule is Cc1cc(C)c(C(N)c2cccc(F)c2F)c(F)c1. The second-order valence-electron chi connectivity index (χ2n) is 4.60. The van der Waals surface area contributed by atoms with Gasteiger partial charge in [0.25, 0.3) is 0 Å². The maximum atomic E-state index is 14.0. The minimum Gasteiger partial charge on any atom is -0.320 e. The van der Waals surface area contributed by atoms with Gasteiger partial charge in [0, 0.05) is 11.1 Å². The molecular weight excluding hydrogens is 251 g/mol. The molecule has 2 rings (SSSR count). The van der Waals surface area contributed by atoms with Gasteiger partial charge in [-0.15, -0.1) is 0 Å². The largest absolute Gasteiger partial charge is 0.320 e. The molecule has 0 aliphatic carbocycles. The second kappa shape index (κ2) is 5.05. The molecular formula is C15H14F3N. The normalized spacial score (nSPS) is 12.5. The quantitative estimate of drug-likeness (QED) is 0.878. The zero-order chi connectivity index (χ0) is 14.2. The summed E-state index contributed by atoms with van der Waals surface area (Å²) in [4.78, 5) is 0. The van der Waals surface area contributed by atoms with Crippen molar-refractivity contribution in [2.45, 2.75) is 19.9 Å². The molecule has 0 bridgehead atoms. The maximum absolute atomic E-state index is 14.0. The number of benzene rings is 2.